The Morgan fingerprint density at radius 2 is 1.71 bits per heavy atom. The minimum Gasteiger partial charge on any atom is -0.507 e. The van der Waals surface area contributed by atoms with Crippen molar-refractivity contribution in [3.8, 4) is 5.75 Å². The number of aryl methyl sites for hydroxylation is 1. The van der Waals surface area contributed by atoms with E-state index in [9.17, 15) is 24.3 Å². The number of benzene rings is 3. The molecule has 8 heteroatoms. The summed E-state index contributed by atoms with van der Waals surface area (Å²) >= 11 is 9.62. The number of Topliss-reactive ketones (excluding diaryl/α,β-unsaturated/α-hetero) is 1. The van der Waals surface area contributed by atoms with E-state index in [1.807, 2.05) is 37.3 Å². The Morgan fingerprint density at radius 3 is 2.46 bits per heavy atom. The molecule has 0 bridgehead atoms. The number of amides is 2. The summed E-state index contributed by atoms with van der Waals surface area (Å²) in [5.74, 6) is -3.36. The summed E-state index contributed by atoms with van der Waals surface area (Å²) in [6, 6.07) is 15.9. The normalized spacial score (nSPS) is 25.7. The van der Waals surface area contributed by atoms with Crippen molar-refractivity contribution in [2.75, 3.05) is 4.90 Å². The first kappa shape index (κ1) is 26.1. The Bertz CT molecular complexity index is 1850. The number of nitrogens with zero attached hydrogens (tertiary/aromatic N) is 1. The maximum Gasteiger partial charge on any atom is 0.238 e. The number of carbonyl (C=O) groups excluding carboxylic acids is 4. The number of phenols is 1. The minimum atomic E-state index is -0.685. The van der Waals surface area contributed by atoms with E-state index in [1.165, 1.54) is 11.0 Å². The SMILES string of the molecule is Cc1ccc(N2C(=O)[C@H]3[C@H](CC=C4[C@H](c5ccc(O)c6ccccc56)C5=C(C[C@H]43)C(=O)C(Br)=CC5=O)C2=O)cc1Cl. The van der Waals surface area contributed by atoms with Crippen LogP contribution in [-0.2, 0) is 19.2 Å². The van der Waals surface area contributed by atoms with Crippen molar-refractivity contribution >= 4 is 67.4 Å². The molecule has 4 aliphatic rings. The van der Waals surface area contributed by atoms with Crippen LogP contribution in [0.4, 0.5) is 5.69 Å². The van der Waals surface area contributed by atoms with Crippen LogP contribution in [0.2, 0.25) is 5.02 Å². The number of hydrogen-bond donors (Lipinski definition) is 1. The Balaban J connectivity index is 1.41. The Kier molecular flexibility index (Phi) is 5.96. The van der Waals surface area contributed by atoms with Gasteiger partial charge in [-0.15, -0.1) is 0 Å². The van der Waals surface area contributed by atoms with Crippen LogP contribution in [-0.4, -0.2) is 28.5 Å². The molecule has 0 unspecified atom stereocenters. The van der Waals surface area contributed by atoms with Crippen LogP contribution in [0.3, 0.4) is 0 Å². The number of halogens is 2. The fourth-order valence-corrected chi connectivity index (χ4v) is 7.72. The highest BCUT2D eigenvalue weighted by Crippen LogP contribution is 2.56. The van der Waals surface area contributed by atoms with Crippen molar-refractivity contribution in [3.05, 3.63) is 104 Å². The van der Waals surface area contributed by atoms with Crippen LogP contribution >= 0.6 is 27.5 Å². The van der Waals surface area contributed by atoms with Crippen LogP contribution in [0.1, 0.15) is 29.9 Å². The van der Waals surface area contributed by atoms with Gasteiger partial charge in [-0.05, 0) is 76.3 Å². The molecule has 1 fully saturated rings. The van der Waals surface area contributed by atoms with E-state index in [2.05, 4.69) is 15.9 Å². The van der Waals surface area contributed by atoms with Crippen LogP contribution in [0.15, 0.2) is 88.0 Å². The van der Waals surface area contributed by atoms with E-state index < -0.39 is 23.7 Å². The molecule has 3 aliphatic carbocycles. The number of anilines is 1. The fraction of sp³-hybridized carbons (Fsp3) is 0.212. The first-order valence-corrected chi connectivity index (χ1v) is 14.6. The molecule has 3 aromatic carbocycles. The van der Waals surface area contributed by atoms with E-state index in [0.29, 0.717) is 33.7 Å². The van der Waals surface area contributed by atoms with Gasteiger partial charge in [0.05, 0.1) is 22.0 Å². The summed E-state index contributed by atoms with van der Waals surface area (Å²) in [5.41, 5.74) is 3.66. The topological polar surface area (TPSA) is 91.8 Å². The zero-order chi connectivity index (χ0) is 28.7. The predicted octanol–water partition coefficient (Wildman–Crippen LogP) is 6.47. The molecule has 0 spiro atoms. The molecule has 7 rings (SSSR count). The standard InChI is InChI=1S/C33H23BrClNO5/c1-15-6-7-16(12-25(15)35)36-32(40)21-9-8-20-22(29(21)33(36)41)13-23-30(27(38)14-24(34)31(23)39)28(20)19-10-11-26(37)18-5-3-2-4-17(18)19/h2-8,10-12,14,21-22,28-29,37H,9,13H2,1H3/t21-,22+,28-,29-/m0/s1. The molecule has 1 saturated heterocycles. The Labute approximate surface area is 249 Å². The Morgan fingerprint density at radius 1 is 0.951 bits per heavy atom. The number of carbonyl (C=O) groups is 4. The van der Waals surface area contributed by atoms with Gasteiger partial charge in [0.25, 0.3) is 0 Å². The molecule has 0 saturated carbocycles. The molecule has 3 aromatic rings. The van der Waals surface area contributed by atoms with Crippen molar-refractivity contribution < 1.29 is 24.3 Å². The molecule has 0 aromatic heterocycles. The van der Waals surface area contributed by atoms with Gasteiger partial charge in [-0.2, -0.15) is 0 Å². The minimum absolute atomic E-state index is 0.112. The molecule has 6 nitrogen and oxygen atoms in total. The second-order valence-electron chi connectivity index (χ2n) is 11.1. The quantitative estimate of drug-likeness (QED) is 0.200. The molecule has 2 amide bonds. The van der Waals surface area contributed by atoms with Crippen LogP contribution in [0.5, 0.6) is 5.75 Å². The number of rotatable bonds is 2. The number of aromatic hydroxyl groups is 1. The number of allylic oxidation sites excluding steroid dienone is 6. The monoisotopic (exact) mass is 627 g/mol. The molecule has 204 valence electrons. The predicted molar refractivity (Wildman–Crippen MR) is 159 cm³/mol. The third-order valence-electron chi connectivity index (χ3n) is 8.99. The van der Waals surface area contributed by atoms with Crippen molar-refractivity contribution in [2.45, 2.75) is 25.7 Å². The van der Waals surface area contributed by atoms with E-state index in [4.69, 9.17) is 11.6 Å². The molecule has 1 N–H and O–H groups in total. The highest BCUT2D eigenvalue weighted by molar-refractivity contribution is 9.12. The van der Waals surface area contributed by atoms with Crippen molar-refractivity contribution in [2.24, 2.45) is 17.8 Å². The van der Waals surface area contributed by atoms with Gasteiger partial charge in [-0.25, -0.2) is 4.90 Å². The lowest BCUT2D eigenvalue weighted by Gasteiger charge is -2.42. The number of ketones is 2. The van der Waals surface area contributed by atoms with Gasteiger partial charge in [-0.3, -0.25) is 19.2 Å². The van der Waals surface area contributed by atoms with E-state index in [0.717, 1.165) is 22.1 Å². The first-order valence-electron chi connectivity index (χ1n) is 13.4. The zero-order valence-corrected chi connectivity index (χ0v) is 24.2. The lowest BCUT2D eigenvalue weighted by molar-refractivity contribution is -0.123. The molecule has 41 heavy (non-hydrogen) atoms. The van der Waals surface area contributed by atoms with E-state index in [-0.39, 0.29) is 40.0 Å². The summed E-state index contributed by atoms with van der Waals surface area (Å²) in [4.78, 5) is 56.1. The smallest absolute Gasteiger partial charge is 0.238 e. The highest BCUT2D eigenvalue weighted by Gasteiger charge is 2.56. The van der Waals surface area contributed by atoms with Gasteiger partial charge in [0.15, 0.2) is 11.6 Å². The van der Waals surface area contributed by atoms with E-state index in [1.54, 1.807) is 30.3 Å². The second-order valence-corrected chi connectivity index (χ2v) is 12.3. The van der Waals surface area contributed by atoms with Gasteiger partial charge in [0.1, 0.15) is 5.75 Å². The summed E-state index contributed by atoms with van der Waals surface area (Å²) in [6.45, 7) is 1.85. The van der Waals surface area contributed by atoms with Crippen LogP contribution < -0.4 is 4.90 Å². The maximum atomic E-state index is 14.1. The summed E-state index contributed by atoms with van der Waals surface area (Å²) in [5, 5.41) is 12.4. The van der Waals surface area contributed by atoms with Gasteiger partial charge in [-0.1, -0.05) is 59.6 Å². The summed E-state index contributed by atoms with van der Waals surface area (Å²) in [7, 11) is 0. The molecular weight excluding hydrogens is 606 g/mol. The molecule has 1 aliphatic heterocycles. The zero-order valence-electron chi connectivity index (χ0n) is 21.9. The molecule has 1 heterocycles. The second kappa shape index (κ2) is 9.36. The molecule has 4 atom stereocenters. The first-order chi connectivity index (χ1) is 19.7. The number of imide groups is 1. The maximum absolute atomic E-state index is 14.1. The summed E-state index contributed by atoms with van der Waals surface area (Å²) in [6.07, 6.45) is 3.83. The largest absolute Gasteiger partial charge is 0.507 e. The van der Waals surface area contributed by atoms with Gasteiger partial charge < -0.3 is 5.11 Å². The fourth-order valence-electron chi connectivity index (χ4n) is 7.10. The van der Waals surface area contributed by atoms with Crippen LogP contribution in [0, 0.1) is 24.7 Å². The van der Waals surface area contributed by atoms with E-state index >= 15 is 0 Å². The lowest BCUT2D eigenvalue weighted by atomic mass is 9.59. The average Bonchev–Trinajstić information content (AvgIpc) is 3.22. The Hall–Kier alpha value is -3.81. The highest BCUT2D eigenvalue weighted by atomic mass is 79.9. The van der Waals surface area contributed by atoms with Crippen molar-refractivity contribution in [3.63, 3.8) is 0 Å². The lowest BCUT2D eigenvalue weighted by Crippen LogP contribution is -2.39. The summed E-state index contributed by atoms with van der Waals surface area (Å²) < 4.78 is 0.181. The average molecular weight is 629 g/mol. The van der Waals surface area contributed by atoms with Gasteiger partial charge >= 0.3 is 0 Å². The van der Waals surface area contributed by atoms with Crippen LogP contribution in [0.25, 0.3) is 10.8 Å². The third kappa shape index (κ3) is 3.75. The molecular formula is C33H23BrClNO5. The van der Waals surface area contributed by atoms with Gasteiger partial charge in [0, 0.05) is 33.5 Å². The number of fused-ring (bicyclic) bond motifs is 4. The van der Waals surface area contributed by atoms with Crippen molar-refractivity contribution in [1.82, 2.24) is 0 Å². The number of phenolic OH excluding ortho intramolecular Hbond substituents is 1. The van der Waals surface area contributed by atoms with Gasteiger partial charge in [0.2, 0.25) is 11.8 Å². The molecule has 0 radical (unpaired) electrons. The third-order valence-corrected chi connectivity index (χ3v) is 9.99. The number of hydrogen-bond acceptors (Lipinski definition) is 5. The van der Waals surface area contributed by atoms with Crippen molar-refractivity contribution in [1.29, 1.82) is 0 Å².